The zero-order valence-corrected chi connectivity index (χ0v) is 18.9. The molecule has 26 heavy (non-hydrogen) atoms. The van der Waals surface area contributed by atoms with E-state index in [1.807, 2.05) is 11.3 Å². The second-order valence-corrected chi connectivity index (χ2v) is 9.40. The molecule has 0 spiro atoms. The van der Waals surface area contributed by atoms with Gasteiger partial charge in [-0.2, -0.15) is 12.6 Å². The van der Waals surface area contributed by atoms with Gasteiger partial charge in [0.15, 0.2) is 0 Å². The molecule has 1 heterocycles. The van der Waals surface area contributed by atoms with Gasteiger partial charge >= 0.3 is 0 Å². The van der Waals surface area contributed by atoms with Crippen LogP contribution in [0.15, 0.2) is 17.5 Å². The molecule has 0 N–H and O–H groups in total. The highest BCUT2D eigenvalue weighted by atomic mass is 32.1. The summed E-state index contributed by atoms with van der Waals surface area (Å²) in [6.07, 6.45) is 27.3. The standard InChI is InChI=1S/C24H44S2/c25-22-18-16-14-12-10-8-6-4-2-1-3-5-7-9-11-13-15-17-20-24-21-19-23-26-24/h19,21,23,25H,1-18,20,22H2. The second-order valence-electron chi connectivity index (χ2n) is 7.92. The van der Waals surface area contributed by atoms with E-state index in [0.29, 0.717) is 0 Å². The van der Waals surface area contributed by atoms with E-state index in [1.54, 1.807) is 4.88 Å². The molecule has 1 rings (SSSR count). The van der Waals surface area contributed by atoms with Gasteiger partial charge in [-0.05, 0) is 36.5 Å². The van der Waals surface area contributed by atoms with Crippen molar-refractivity contribution in [2.24, 2.45) is 0 Å². The van der Waals surface area contributed by atoms with E-state index >= 15 is 0 Å². The minimum Gasteiger partial charge on any atom is -0.179 e. The molecule has 0 radical (unpaired) electrons. The van der Waals surface area contributed by atoms with Crippen molar-refractivity contribution in [2.45, 2.75) is 122 Å². The Morgan fingerprint density at radius 2 is 0.923 bits per heavy atom. The molecule has 1 aromatic rings. The summed E-state index contributed by atoms with van der Waals surface area (Å²) < 4.78 is 0. The van der Waals surface area contributed by atoms with Crippen LogP contribution in [-0.4, -0.2) is 5.75 Å². The highest BCUT2D eigenvalue weighted by Gasteiger charge is 1.96. The van der Waals surface area contributed by atoms with Crippen LogP contribution in [0.2, 0.25) is 0 Å². The lowest BCUT2D eigenvalue weighted by atomic mass is 10.0. The summed E-state index contributed by atoms with van der Waals surface area (Å²) in [6.45, 7) is 0. The van der Waals surface area contributed by atoms with Crippen LogP contribution in [0, 0.1) is 0 Å². The summed E-state index contributed by atoms with van der Waals surface area (Å²) in [5, 5.41) is 2.20. The molecule has 2 heteroatoms. The van der Waals surface area contributed by atoms with E-state index in [2.05, 4.69) is 30.1 Å². The topological polar surface area (TPSA) is 0 Å². The lowest BCUT2D eigenvalue weighted by Gasteiger charge is -2.04. The molecule has 1 aromatic heterocycles. The maximum Gasteiger partial charge on any atom is 0.00452 e. The largest absolute Gasteiger partial charge is 0.179 e. The predicted octanol–water partition coefficient (Wildman–Crippen LogP) is 9.24. The summed E-state index contributed by atoms with van der Waals surface area (Å²) in [4.78, 5) is 1.56. The van der Waals surface area contributed by atoms with Crippen molar-refractivity contribution in [3.63, 3.8) is 0 Å². The maximum absolute atomic E-state index is 4.27. The molecular weight excluding hydrogens is 352 g/mol. The van der Waals surface area contributed by atoms with Gasteiger partial charge in [0.05, 0.1) is 0 Å². The van der Waals surface area contributed by atoms with Crippen molar-refractivity contribution in [1.82, 2.24) is 0 Å². The molecule has 0 aliphatic rings. The van der Waals surface area contributed by atoms with Gasteiger partial charge in [0.1, 0.15) is 0 Å². The van der Waals surface area contributed by atoms with Crippen molar-refractivity contribution in [1.29, 1.82) is 0 Å². The van der Waals surface area contributed by atoms with Crippen molar-refractivity contribution < 1.29 is 0 Å². The van der Waals surface area contributed by atoms with Crippen molar-refractivity contribution in [3.8, 4) is 0 Å². The molecule has 0 amide bonds. The molecule has 0 saturated heterocycles. The second kappa shape index (κ2) is 19.8. The summed E-state index contributed by atoms with van der Waals surface area (Å²) in [7, 11) is 0. The van der Waals surface area contributed by atoms with Crippen LogP contribution in [0.4, 0.5) is 0 Å². The van der Waals surface area contributed by atoms with Crippen LogP contribution in [0.1, 0.15) is 120 Å². The van der Waals surface area contributed by atoms with Gasteiger partial charge in [0.2, 0.25) is 0 Å². The number of thiol groups is 1. The van der Waals surface area contributed by atoms with E-state index in [9.17, 15) is 0 Å². The van der Waals surface area contributed by atoms with Gasteiger partial charge in [-0.3, -0.25) is 0 Å². The van der Waals surface area contributed by atoms with Gasteiger partial charge in [-0.1, -0.05) is 109 Å². The van der Waals surface area contributed by atoms with E-state index in [1.165, 1.54) is 122 Å². The van der Waals surface area contributed by atoms with E-state index in [0.717, 1.165) is 5.75 Å². The SMILES string of the molecule is SCCCCCCCCCCCCCCCCCCCCc1cccs1. The molecule has 0 aromatic carbocycles. The third kappa shape index (κ3) is 16.2. The van der Waals surface area contributed by atoms with Crippen LogP contribution >= 0.6 is 24.0 Å². The van der Waals surface area contributed by atoms with Gasteiger partial charge in [0.25, 0.3) is 0 Å². The Kier molecular flexibility index (Phi) is 18.3. The zero-order valence-electron chi connectivity index (χ0n) is 17.2. The molecule has 0 aliphatic heterocycles. The molecule has 0 fully saturated rings. The molecule has 0 aliphatic carbocycles. The number of rotatable bonds is 20. The van der Waals surface area contributed by atoms with Crippen molar-refractivity contribution in [2.75, 3.05) is 5.75 Å². The summed E-state index contributed by atoms with van der Waals surface area (Å²) >= 11 is 6.18. The van der Waals surface area contributed by atoms with Crippen LogP contribution < -0.4 is 0 Å². The summed E-state index contributed by atoms with van der Waals surface area (Å²) in [5.41, 5.74) is 0. The lowest BCUT2D eigenvalue weighted by molar-refractivity contribution is 0.525. The van der Waals surface area contributed by atoms with Crippen LogP contribution in [-0.2, 0) is 6.42 Å². The molecule has 0 nitrogen and oxygen atoms in total. The lowest BCUT2D eigenvalue weighted by Crippen LogP contribution is -1.85. The average Bonchev–Trinajstić information content (AvgIpc) is 3.17. The van der Waals surface area contributed by atoms with Crippen LogP contribution in [0.25, 0.3) is 0 Å². The number of aryl methyl sites for hydroxylation is 1. The molecule has 0 bridgehead atoms. The number of thiophene rings is 1. The Morgan fingerprint density at radius 3 is 1.27 bits per heavy atom. The highest BCUT2D eigenvalue weighted by Crippen LogP contribution is 2.16. The minimum atomic E-state index is 1.07. The Morgan fingerprint density at radius 1 is 0.538 bits per heavy atom. The van der Waals surface area contributed by atoms with Crippen LogP contribution in [0.5, 0.6) is 0 Å². The van der Waals surface area contributed by atoms with E-state index in [4.69, 9.17) is 0 Å². The molecule has 0 saturated carbocycles. The first-order valence-corrected chi connectivity index (χ1v) is 13.1. The zero-order chi connectivity index (χ0) is 18.5. The fourth-order valence-corrected chi connectivity index (χ4v) is 4.67. The first-order chi connectivity index (χ1) is 12.9. The Balaban J connectivity index is 1.65. The fraction of sp³-hybridized carbons (Fsp3) is 0.833. The van der Waals surface area contributed by atoms with E-state index < -0.39 is 0 Å². The Labute approximate surface area is 174 Å². The Bertz CT molecular complexity index is 358. The first-order valence-electron chi connectivity index (χ1n) is 11.6. The van der Waals surface area contributed by atoms with Gasteiger partial charge in [-0.25, -0.2) is 0 Å². The quantitative estimate of drug-likeness (QED) is 0.165. The van der Waals surface area contributed by atoms with Crippen molar-refractivity contribution in [3.05, 3.63) is 22.4 Å². The highest BCUT2D eigenvalue weighted by molar-refractivity contribution is 7.80. The molecule has 0 atom stereocenters. The smallest absolute Gasteiger partial charge is 0.00452 e. The number of hydrogen-bond acceptors (Lipinski definition) is 2. The first kappa shape index (κ1) is 24.1. The van der Waals surface area contributed by atoms with Crippen molar-refractivity contribution >= 4 is 24.0 Å². The minimum absolute atomic E-state index is 1.07. The molecule has 152 valence electrons. The number of unbranched alkanes of at least 4 members (excludes halogenated alkanes) is 17. The molecule has 0 unspecified atom stereocenters. The third-order valence-electron chi connectivity index (χ3n) is 5.41. The normalized spacial score (nSPS) is 11.3. The maximum atomic E-state index is 4.27. The summed E-state index contributed by atoms with van der Waals surface area (Å²) in [5.74, 6) is 1.07. The molecular formula is C24H44S2. The van der Waals surface area contributed by atoms with Crippen LogP contribution in [0.3, 0.4) is 0 Å². The average molecular weight is 397 g/mol. The number of hydrogen-bond donors (Lipinski definition) is 1. The van der Waals surface area contributed by atoms with Gasteiger partial charge < -0.3 is 0 Å². The monoisotopic (exact) mass is 396 g/mol. The van der Waals surface area contributed by atoms with Gasteiger partial charge in [-0.15, -0.1) is 11.3 Å². The Hall–Kier alpha value is 0.0500. The summed E-state index contributed by atoms with van der Waals surface area (Å²) in [6, 6.07) is 4.45. The van der Waals surface area contributed by atoms with Gasteiger partial charge in [0, 0.05) is 4.88 Å². The predicted molar refractivity (Wildman–Crippen MR) is 125 cm³/mol. The fourth-order valence-electron chi connectivity index (χ4n) is 3.69. The third-order valence-corrected chi connectivity index (χ3v) is 6.66. The van der Waals surface area contributed by atoms with E-state index in [-0.39, 0.29) is 0 Å².